The number of H-pyrrole nitrogens is 1. The Morgan fingerprint density at radius 2 is 2.23 bits per heavy atom. The first-order chi connectivity index (χ1) is 10.4. The highest BCUT2D eigenvalue weighted by Crippen LogP contribution is 2.24. The molecule has 120 valence electrons. The van der Waals surface area contributed by atoms with E-state index in [4.69, 9.17) is 9.47 Å². The number of nitrogens with zero attached hydrogens (tertiary/aromatic N) is 3. The van der Waals surface area contributed by atoms with E-state index < -0.39 is 0 Å². The minimum absolute atomic E-state index is 0.0290. The van der Waals surface area contributed by atoms with Gasteiger partial charge in [0.15, 0.2) is 11.6 Å². The number of amides is 1. The molecule has 1 N–H and O–H groups in total. The fourth-order valence-corrected chi connectivity index (χ4v) is 2.50. The summed E-state index contributed by atoms with van der Waals surface area (Å²) < 4.78 is 10.9. The van der Waals surface area contributed by atoms with Crippen LogP contribution in [0.3, 0.4) is 0 Å². The van der Waals surface area contributed by atoms with E-state index in [9.17, 15) is 4.79 Å². The lowest BCUT2D eigenvalue weighted by Gasteiger charge is -2.32. The molecular weight excluding hydrogens is 284 g/mol. The summed E-state index contributed by atoms with van der Waals surface area (Å²) in [5.41, 5.74) is 0.610. The van der Waals surface area contributed by atoms with Crippen molar-refractivity contribution in [1.29, 1.82) is 0 Å². The SMILES string of the molecule is CC(C)(C)c1n[nH]c(C2CN(C(=O)C3=COCC3)CCO2)n1. The molecule has 0 aromatic carbocycles. The number of hydrogen-bond acceptors (Lipinski definition) is 5. The summed E-state index contributed by atoms with van der Waals surface area (Å²) >= 11 is 0. The molecule has 1 aromatic heterocycles. The lowest BCUT2D eigenvalue weighted by atomic mass is 9.96. The van der Waals surface area contributed by atoms with Crippen molar-refractivity contribution in [2.75, 3.05) is 26.3 Å². The number of ether oxygens (including phenoxy) is 2. The molecule has 1 unspecified atom stereocenters. The zero-order valence-corrected chi connectivity index (χ0v) is 13.3. The Kier molecular flexibility index (Phi) is 3.90. The van der Waals surface area contributed by atoms with E-state index in [0.717, 1.165) is 11.4 Å². The van der Waals surface area contributed by atoms with Crippen LogP contribution in [-0.2, 0) is 19.7 Å². The summed E-state index contributed by atoms with van der Waals surface area (Å²) in [6.07, 6.45) is 1.99. The summed E-state index contributed by atoms with van der Waals surface area (Å²) in [6.45, 7) is 8.34. The van der Waals surface area contributed by atoms with Crippen LogP contribution < -0.4 is 0 Å². The Bertz CT molecular complexity index is 588. The van der Waals surface area contributed by atoms with E-state index in [1.165, 1.54) is 0 Å². The highest BCUT2D eigenvalue weighted by atomic mass is 16.5. The van der Waals surface area contributed by atoms with Crippen LogP contribution in [0.1, 0.15) is 44.9 Å². The van der Waals surface area contributed by atoms with Gasteiger partial charge in [0.1, 0.15) is 6.10 Å². The predicted octanol–water partition coefficient (Wildman–Crippen LogP) is 1.31. The van der Waals surface area contributed by atoms with Gasteiger partial charge in [-0.05, 0) is 0 Å². The average Bonchev–Trinajstić information content (AvgIpc) is 3.17. The lowest BCUT2D eigenvalue weighted by molar-refractivity contribution is -0.135. The van der Waals surface area contributed by atoms with E-state index >= 15 is 0 Å². The van der Waals surface area contributed by atoms with Crippen LogP contribution in [0.5, 0.6) is 0 Å². The van der Waals surface area contributed by atoms with Crippen LogP contribution >= 0.6 is 0 Å². The van der Waals surface area contributed by atoms with Gasteiger partial charge < -0.3 is 14.4 Å². The van der Waals surface area contributed by atoms with Gasteiger partial charge in [-0.3, -0.25) is 9.89 Å². The maximum Gasteiger partial charge on any atom is 0.253 e. The number of aromatic amines is 1. The predicted molar refractivity (Wildman–Crippen MR) is 79.0 cm³/mol. The molecule has 0 saturated carbocycles. The third kappa shape index (κ3) is 2.99. The average molecular weight is 306 g/mol. The molecule has 1 fully saturated rings. The maximum atomic E-state index is 12.4. The number of morpholine rings is 1. The first-order valence-corrected chi connectivity index (χ1v) is 7.59. The summed E-state index contributed by atoms with van der Waals surface area (Å²) in [7, 11) is 0. The number of rotatable bonds is 2. The van der Waals surface area contributed by atoms with Gasteiger partial charge >= 0.3 is 0 Å². The second-order valence-electron chi connectivity index (χ2n) is 6.67. The lowest BCUT2D eigenvalue weighted by Crippen LogP contribution is -2.43. The number of nitrogens with one attached hydrogen (secondary N) is 1. The van der Waals surface area contributed by atoms with E-state index in [0.29, 0.717) is 38.5 Å². The Labute approximate surface area is 129 Å². The Hall–Kier alpha value is -1.89. The summed E-state index contributed by atoms with van der Waals surface area (Å²) in [5.74, 6) is 1.46. The van der Waals surface area contributed by atoms with Gasteiger partial charge in [0.25, 0.3) is 5.91 Å². The van der Waals surface area contributed by atoms with E-state index in [1.54, 1.807) is 11.2 Å². The maximum absolute atomic E-state index is 12.4. The molecule has 22 heavy (non-hydrogen) atoms. The third-order valence-electron chi connectivity index (χ3n) is 3.82. The van der Waals surface area contributed by atoms with E-state index in [1.807, 2.05) is 0 Å². The molecule has 1 aromatic rings. The molecule has 1 amide bonds. The van der Waals surface area contributed by atoms with Crippen molar-refractivity contribution in [3.8, 4) is 0 Å². The van der Waals surface area contributed by atoms with Crippen molar-refractivity contribution in [3.05, 3.63) is 23.5 Å². The summed E-state index contributed by atoms with van der Waals surface area (Å²) in [4.78, 5) is 18.7. The molecule has 1 saturated heterocycles. The fraction of sp³-hybridized carbons (Fsp3) is 0.667. The van der Waals surface area contributed by atoms with Gasteiger partial charge in [-0.25, -0.2) is 4.98 Å². The van der Waals surface area contributed by atoms with Gasteiger partial charge in [0, 0.05) is 18.4 Å². The van der Waals surface area contributed by atoms with Crippen molar-refractivity contribution >= 4 is 5.91 Å². The second-order valence-corrected chi connectivity index (χ2v) is 6.67. The molecule has 0 bridgehead atoms. The largest absolute Gasteiger partial charge is 0.500 e. The molecule has 0 radical (unpaired) electrons. The number of hydrogen-bond donors (Lipinski definition) is 1. The molecule has 1 atom stereocenters. The Balaban J connectivity index is 1.70. The normalized spacial score (nSPS) is 22.4. The van der Waals surface area contributed by atoms with Crippen LogP contribution in [-0.4, -0.2) is 52.3 Å². The number of carbonyl (C=O) groups is 1. The molecule has 0 spiro atoms. The van der Waals surface area contributed by atoms with Gasteiger partial charge in [-0.1, -0.05) is 20.8 Å². The number of carbonyl (C=O) groups excluding carboxylic acids is 1. The fourth-order valence-electron chi connectivity index (χ4n) is 2.50. The quantitative estimate of drug-likeness (QED) is 0.891. The van der Waals surface area contributed by atoms with Crippen LogP contribution in [0.4, 0.5) is 0 Å². The van der Waals surface area contributed by atoms with Crippen molar-refractivity contribution in [3.63, 3.8) is 0 Å². The van der Waals surface area contributed by atoms with Crippen LogP contribution in [0.2, 0.25) is 0 Å². The van der Waals surface area contributed by atoms with Gasteiger partial charge in [-0.15, -0.1) is 0 Å². The van der Waals surface area contributed by atoms with Crippen LogP contribution in [0.25, 0.3) is 0 Å². The molecule has 3 heterocycles. The Morgan fingerprint density at radius 1 is 1.41 bits per heavy atom. The van der Waals surface area contributed by atoms with E-state index in [2.05, 4.69) is 36.0 Å². The minimum Gasteiger partial charge on any atom is -0.500 e. The van der Waals surface area contributed by atoms with Gasteiger partial charge in [-0.2, -0.15) is 5.10 Å². The number of aromatic nitrogens is 3. The zero-order chi connectivity index (χ0) is 15.7. The van der Waals surface area contributed by atoms with E-state index in [-0.39, 0.29) is 17.4 Å². The molecule has 7 heteroatoms. The topological polar surface area (TPSA) is 80.3 Å². The van der Waals surface area contributed by atoms with Gasteiger partial charge in [0.05, 0.1) is 31.6 Å². The summed E-state index contributed by atoms with van der Waals surface area (Å²) in [5, 5.41) is 7.21. The highest BCUT2D eigenvalue weighted by molar-refractivity contribution is 5.93. The zero-order valence-electron chi connectivity index (χ0n) is 13.3. The standard InChI is InChI=1S/C15H22N4O3/c1-15(2,3)14-16-12(17-18-14)11-8-19(5-7-22-11)13(20)10-4-6-21-9-10/h9,11H,4-8H2,1-3H3,(H,16,17,18). The third-order valence-corrected chi connectivity index (χ3v) is 3.82. The highest BCUT2D eigenvalue weighted by Gasteiger charge is 2.31. The van der Waals surface area contributed by atoms with Gasteiger partial charge in [0.2, 0.25) is 0 Å². The molecular formula is C15H22N4O3. The van der Waals surface area contributed by atoms with Crippen LogP contribution in [0.15, 0.2) is 11.8 Å². The summed E-state index contributed by atoms with van der Waals surface area (Å²) in [6, 6.07) is 0. The minimum atomic E-state index is -0.260. The monoisotopic (exact) mass is 306 g/mol. The first-order valence-electron chi connectivity index (χ1n) is 7.59. The molecule has 7 nitrogen and oxygen atoms in total. The molecule has 3 rings (SSSR count). The van der Waals surface area contributed by atoms with Crippen molar-refractivity contribution < 1.29 is 14.3 Å². The second kappa shape index (κ2) is 5.72. The molecule has 0 aliphatic carbocycles. The smallest absolute Gasteiger partial charge is 0.253 e. The first kappa shape index (κ1) is 15.0. The Morgan fingerprint density at radius 3 is 2.86 bits per heavy atom. The molecule has 2 aliphatic rings. The van der Waals surface area contributed by atoms with Crippen molar-refractivity contribution in [2.45, 2.75) is 38.7 Å². The molecule has 2 aliphatic heterocycles. The van der Waals surface area contributed by atoms with Crippen molar-refractivity contribution in [2.24, 2.45) is 0 Å². The van der Waals surface area contributed by atoms with Crippen molar-refractivity contribution in [1.82, 2.24) is 20.1 Å². The van der Waals surface area contributed by atoms with Crippen LogP contribution in [0, 0.1) is 0 Å².